The Bertz CT molecular complexity index is 728. The highest BCUT2D eigenvalue weighted by Gasteiger charge is 2.24. The van der Waals surface area contributed by atoms with E-state index in [-0.39, 0.29) is 5.91 Å². The van der Waals surface area contributed by atoms with E-state index in [4.69, 9.17) is 11.6 Å². The van der Waals surface area contributed by atoms with Crippen LogP contribution in [0.4, 0.5) is 0 Å². The van der Waals surface area contributed by atoms with Gasteiger partial charge in [0.05, 0.1) is 23.1 Å². The fraction of sp³-hybridized carbons (Fsp3) is 0.444. The number of hydrogen-bond acceptors (Lipinski definition) is 3. The molecule has 0 unspecified atom stereocenters. The van der Waals surface area contributed by atoms with Crippen molar-refractivity contribution in [3.05, 3.63) is 46.7 Å². The molecule has 2 heterocycles. The highest BCUT2D eigenvalue weighted by molar-refractivity contribution is 6.30. The first kappa shape index (κ1) is 17.0. The Kier molecular flexibility index (Phi) is 5.21. The summed E-state index contributed by atoms with van der Waals surface area (Å²) < 4.78 is 1.82. The summed E-state index contributed by atoms with van der Waals surface area (Å²) in [7, 11) is 2.10. The summed E-state index contributed by atoms with van der Waals surface area (Å²) in [5.41, 5.74) is 2.51. The standard InChI is InChI=1S/C18H23ClN4O/c1-3-17-16(18(24)22-9-5-8-21(2)10-11-22)13-20-23(17)15-7-4-6-14(19)12-15/h4,6-7,12-13H,3,5,8-11H2,1-2H3. The summed E-state index contributed by atoms with van der Waals surface area (Å²) in [6, 6.07) is 7.54. The van der Waals surface area contributed by atoms with Crippen LogP contribution in [0.2, 0.25) is 5.02 Å². The van der Waals surface area contributed by atoms with Gasteiger partial charge in [-0.05, 0) is 44.6 Å². The molecule has 0 saturated carbocycles. The number of carbonyl (C=O) groups is 1. The minimum absolute atomic E-state index is 0.0791. The molecule has 0 atom stereocenters. The van der Waals surface area contributed by atoms with Gasteiger partial charge < -0.3 is 9.80 Å². The van der Waals surface area contributed by atoms with Crippen LogP contribution >= 0.6 is 11.6 Å². The minimum Gasteiger partial charge on any atom is -0.337 e. The van der Waals surface area contributed by atoms with Crippen molar-refractivity contribution in [2.45, 2.75) is 19.8 Å². The molecule has 24 heavy (non-hydrogen) atoms. The SMILES string of the molecule is CCc1c(C(=O)N2CCCN(C)CC2)cnn1-c1cccc(Cl)c1. The Morgan fingerprint density at radius 3 is 2.83 bits per heavy atom. The van der Waals surface area contributed by atoms with Crippen LogP contribution in [-0.2, 0) is 6.42 Å². The summed E-state index contributed by atoms with van der Waals surface area (Å²) in [4.78, 5) is 17.2. The zero-order chi connectivity index (χ0) is 17.1. The van der Waals surface area contributed by atoms with Crippen molar-refractivity contribution < 1.29 is 4.79 Å². The van der Waals surface area contributed by atoms with Crippen LogP contribution in [0.3, 0.4) is 0 Å². The summed E-state index contributed by atoms with van der Waals surface area (Å²) in [6.45, 7) is 5.56. The molecule has 1 saturated heterocycles. The fourth-order valence-electron chi connectivity index (χ4n) is 3.14. The number of rotatable bonds is 3. The Labute approximate surface area is 147 Å². The fourth-order valence-corrected chi connectivity index (χ4v) is 3.33. The molecule has 6 heteroatoms. The van der Waals surface area contributed by atoms with E-state index >= 15 is 0 Å². The van der Waals surface area contributed by atoms with Crippen molar-refractivity contribution in [2.24, 2.45) is 0 Å². The van der Waals surface area contributed by atoms with Gasteiger partial charge in [-0.15, -0.1) is 0 Å². The zero-order valence-corrected chi connectivity index (χ0v) is 15.0. The second-order valence-corrected chi connectivity index (χ2v) is 6.64. The molecule has 1 aromatic heterocycles. The number of aromatic nitrogens is 2. The van der Waals surface area contributed by atoms with Crippen molar-refractivity contribution in [1.29, 1.82) is 0 Å². The minimum atomic E-state index is 0.0791. The zero-order valence-electron chi connectivity index (χ0n) is 14.2. The van der Waals surface area contributed by atoms with Crippen LogP contribution < -0.4 is 0 Å². The Hall–Kier alpha value is -1.85. The molecule has 0 radical (unpaired) electrons. The van der Waals surface area contributed by atoms with Crippen LogP contribution in [0.15, 0.2) is 30.5 Å². The lowest BCUT2D eigenvalue weighted by molar-refractivity contribution is 0.0761. The molecule has 2 aromatic rings. The normalized spacial score (nSPS) is 16.2. The Balaban J connectivity index is 1.90. The number of nitrogens with zero attached hydrogens (tertiary/aromatic N) is 4. The molecule has 1 aromatic carbocycles. The number of halogens is 1. The van der Waals surface area contributed by atoms with Gasteiger partial charge in [0.2, 0.25) is 0 Å². The lowest BCUT2D eigenvalue weighted by atomic mass is 10.1. The van der Waals surface area contributed by atoms with Crippen molar-refractivity contribution >= 4 is 17.5 Å². The van der Waals surface area contributed by atoms with Crippen LogP contribution in [0.1, 0.15) is 29.4 Å². The van der Waals surface area contributed by atoms with E-state index in [1.54, 1.807) is 6.20 Å². The molecule has 0 bridgehead atoms. The van der Waals surface area contributed by atoms with Gasteiger partial charge in [0, 0.05) is 24.7 Å². The maximum atomic E-state index is 13.0. The number of likely N-dealkylation sites (N-methyl/N-ethyl adjacent to an activating group) is 1. The van der Waals surface area contributed by atoms with Gasteiger partial charge in [-0.1, -0.05) is 24.6 Å². The smallest absolute Gasteiger partial charge is 0.257 e. The number of amides is 1. The Morgan fingerprint density at radius 2 is 2.08 bits per heavy atom. The summed E-state index contributed by atoms with van der Waals surface area (Å²) in [5, 5.41) is 5.11. The summed E-state index contributed by atoms with van der Waals surface area (Å²) in [6.07, 6.45) is 3.43. The second kappa shape index (κ2) is 7.36. The molecule has 128 valence electrons. The predicted octanol–water partition coefficient (Wildman–Crippen LogP) is 2.87. The second-order valence-electron chi connectivity index (χ2n) is 6.20. The molecule has 5 nitrogen and oxygen atoms in total. The van der Waals surface area contributed by atoms with Crippen molar-refractivity contribution in [3.8, 4) is 5.69 Å². The van der Waals surface area contributed by atoms with Gasteiger partial charge in [0.25, 0.3) is 5.91 Å². The molecule has 1 aliphatic heterocycles. The van der Waals surface area contributed by atoms with E-state index < -0.39 is 0 Å². The highest BCUT2D eigenvalue weighted by Crippen LogP contribution is 2.20. The third-order valence-electron chi connectivity index (χ3n) is 4.49. The first-order valence-corrected chi connectivity index (χ1v) is 8.78. The number of hydrogen-bond donors (Lipinski definition) is 0. The molecule has 1 aliphatic rings. The number of benzene rings is 1. The van der Waals surface area contributed by atoms with E-state index in [1.165, 1.54) is 0 Å². The number of carbonyl (C=O) groups excluding carboxylic acids is 1. The predicted molar refractivity (Wildman–Crippen MR) is 96.0 cm³/mol. The Morgan fingerprint density at radius 1 is 1.25 bits per heavy atom. The molecule has 0 aliphatic carbocycles. The van der Waals surface area contributed by atoms with Crippen LogP contribution in [-0.4, -0.2) is 58.7 Å². The first-order valence-electron chi connectivity index (χ1n) is 8.40. The topological polar surface area (TPSA) is 41.4 Å². The summed E-state index contributed by atoms with van der Waals surface area (Å²) in [5.74, 6) is 0.0791. The monoisotopic (exact) mass is 346 g/mol. The maximum absolute atomic E-state index is 13.0. The summed E-state index contributed by atoms with van der Waals surface area (Å²) >= 11 is 6.09. The van der Waals surface area contributed by atoms with Gasteiger partial charge in [0.1, 0.15) is 0 Å². The van der Waals surface area contributed by atoms with Gasteiger partial charge in [-0.2, -0.15) is 5.10 Å². The average molecular weight is 347 g/mol. The average Bonchev–Trinajstić information content (AvgIpc) is 2.89. The van der Waals surface area contributed by atoms with E-state index in [0.29, 0.717) is 10.6 Å². The van der Waals surface area contributed by atoms with Crippen molar-refractivity contribution in [1.82, 2.24) is 19.6 Å². The van der Waals surface area contributed by atoms with E-state index in [0.717, 1.165) is 50.4 Å². The van der Waals surface area contributed by atoms with Gasteiger partial charge in [-0.25, -0.2) is 4.68 Å². The van der Waals surface area contributed by atoms with Crippen LogP contribution in [0, 0.1) is 0 Å². The molecule has 0 N–H and O–H groups in total. The van der Waals surface area contributed by atoms with Crippen LogP contribution in [0.25, 0.3) is 5.69 Å². The molecule has 1 fully saturated rings. The maximum Gasteiger partial charge on any atom is 0.257 e. The van der Waals surface area contributed by atoms with Crippen molar-refractivity contribution in [2.75, 3.05) is 33.2 Å². The van der Waals surface area contributed by atoms with Crippen molar-refractivity contribution in [3.63, 3.8) is 0 Å². The third-order valence-corrected chi connectivity index (χ3v) is 4.73. The highest BCUT2D eigenvalue weighted by atomic mass is 35.5. The van der Waals surface area contributed by atoms with Gasteiger partial charge in [-0.3, -0.25) is 4.79 Å². The quantitative estimate of drug-likeness (QED) is 0.858. The molecular weight excluding hydrogens is 324 g/mol. The molecular formula is C18H23ClN4O. The van der Waals surface area contributed by atoms with Crippen LogP contribution in [0.5, 0.6) is 0 Å². The van der Waals surface area contributed by atoms with E-state index in [2.05, 4.69) is 17.0 Å². The van der Waals surface area contributed by atoms with Gasteiger partial charge >= 0.3 is 0 Å². The van der Waals surface area contributed by atoms with Gasteiger partial charge in [0.15, 0.2) is 0 Å². The lowest BCUT2D eigenvalue weighted by Crippen LogP contribution is -2.34. The third kappa shape index (κ3) is 3.47. The molecule has 1 amide bonds. The lowest BCUT2D eigenvalue weighted by Gasteiger charge is -2.20. The largest absolute Gasteiger partial charge is 0.337 e. The molecule has 3 rings (SSSR count). The van der Waals surface area contributed by atoms with E-state index in [9.17, 15) is 4.79 Å². The molecule has 0 spiro atoms. The first-order chi connectivity index (χ1) is 11.6. The van der Waals surface area contributed by atoms with E-state index in [1.807, 2.05) is 40.8 Å².